The third kappa shape index (κ3) is 2.24. The quantitative estimate of drug-likeness (QED) is 0.653. The van der Waals surface area contributed by atoms with Gasteiger partial charge in [0.1, 0.15) is 5.75 Å². The van der Waals surface area contributed by atoms with Crippen molar-refractivity contribution < 1.29 is 5.11 Å². The Morgan fingerprint density at radius 1 is 1.17 bits per heavy atom. The lowest BCUT2D eigenvalue weighted by Gasteiger charge is -2.05. The van der Waals surface area contributed by atoms with Crippen LogP contribution in [0.4, 0.5) is 0 Å². The fraction of sp³-hybridized carbons (Fsp3) is 0.182. The second-order valence-corrected chi connectivity index (χ2v) is 3.90. The van der Waals surface area contributed by atoms with Crippen molar-refractivity contribution in [3.05, 3.63) is 60.8 Å². The maximum atomic E-state index is 11.5. The molecule has 18 heavy (non-hydrogen) atoms. The molecule has 7 heteroatoms. The highest BCUT2D eigenvalue weighted by atomic mass is 16.3. The van der Waals surface area contributed by atoms with E-state index in [1.807, 2.05) is 9.97 Å². The highest BCUT2D eigenvalue weighted by Crippen LogP contribution is 2.16. The monoisotopic (exact) mass is 249 g/mol. The summed E-state index contributed by atoms with van der Waals surface area (Å²) in [6.07, 6.45) is 0. The summed E-state index contributed by atoms with van der Waals surface area (Å²) in [4.78, 5) is 37.7. The van der Waals surface area contributed by atoms with Crippen molar-refractivity contribution in [3.63, 3.8) is 0 Å². The summed E-state index contributed by atoms with van der Waals surface area (Å²) in [6.45, 7) is 1.73. The topological polar surface area (TPSA) is 108 Å². The van der Waals surface area contributed by atoms with Crippen LogP contribution in [0.1, 0.15) is 11.1 Å². The van der Waals surface area contributed by atoms with Crippen LogP contribution in [-0.2, 0) is 6.54 Å². The van der Waals surface area contributed by atoms with Gasteiger partial charge < -0.3 is 5.11 Å². The van der Waals surface area contributed by atoms with Crippen LogP contribution in [-0.4, -0.2) is 19.6 Å². The lowest BCUT2D eigenvalue weighted by atomic mass is 10.1. The zero-order chi connectivity index (χ0) is 13.3. The van der Waals surface area contributed by atoms with Gasteiger partial charge in [-0.1, -0.05) is 12.1 Å². The Labute approximate surface area is 100 Å². The average Bonchev–Trinajstić information content (AvgIpc) is 2.28. The number of aromatic hydroxyl groups is 1. The van der Waals surface area contributed by atoms with Crippen molar-refractivity contribution >= 4 is 0 Å². The van der Waals surface area contributed by atoms with E-state index in [-0.39, 0.29) is 12.3 Å². The van der Waals surface area contributed by atoms with E-state index in [0.717, 1.165) is 4.57 Å². The lowest BCUT2D eigenvalue weighted by molar-refractivity contribution is 0.470. The molecule has 0 saturated heterocycles. The summed E-state index contributed by atoms with van der Waals surface area (Å²) in [5.74, 6) is 0.140. The van der Waals surface area contributed by atoms with E-state index < -0.39 is 17.1 Å². The molecule has 0 amide bonds. The van der Waals surface area contributed by atoms with Crippen molar-refractivity contribution in [2.24, 2.45) is 0 Å². The Morgan fingerprint density at radius 3 is 2.33 bits per heavy atom. The van der Waals surface area contributed by atoms with Gasteiger partial charge in [0, 0.05) is 0 Å². The van der Waals surface area contributed by atoms with E-state index in [4.69, 9.17) is 0 Å². The number of aromatic nitrogens is 3. The molecule has 0 aliphatic carbocycles. The van der Waals surface area contributed by atoms with Crippen LogP contribution >= 0.6 is 0 Å². The number of nitrogens with one attached hydrogen (secondary N) is 2. The molecule has 94 valence electrons. The maximum Gasteiger partial charge on any atom is 0.333 e. The molecular weight excluding hydrogens is 238 g/mol. The van der Waals surface area contributed by atoms with Crippen LogP contribution in [0.25, 0.3) is 0 Å². The number of aryl methyl sites for hydroxylation is 1. The van der Waals surface area contributed by atoms with Crippen LogP contribution < -0.4 is 17.1 Å². The number of benzene rings is 1. The molecule has 0 saturated carbocycles. The summed E-state index contributed by atoms with van der Waals surface area (Å²) in [5, 5.41) is 9.37. The Balaban J connectivity index is 2.46. The van der Waals surface area contributed by atoms with Gasteiger partial charge >= 0.3 is 17.1 Å². The molecule has 0 atom stereocenters. The van der Waals surface area contributed by atoms with E-state index in [1.54, 1.807) is 19.1 Å². The highest BCUT2D eigenvalue weighted by Gasteiger charge is 2.05. The van der Waals surface area contributed by atoms with Gasteiger partial charge in [0.25, 0.3) is 0 Å². The predicted molar refractivity (Wildman–Crippen MR) is 63.9 cm³/mol. The summed E-state index contributed by atoms with van der Waals surface area (Å²) in [7, 11) is 0. The molecule has 7 nitrogen and oxygen atoms in total. The van der Waals surface area contributed by atoms with E-state index in [0.29, 0.717) is 11.1 Å². The Bertz CT molecular complexity index is 720. The second-order valence-electron chi connectivity index (χ2n) is 3.90. The van der Waals surface area contributed by atoms with Crippen molar-refractivity contribution in [3.8, 4) is 5.75 Å². The van der Waals surface area contributed by atoms with Crippen molar-refractivity contribution in [2.45, 2.75) is 13.5 Å². The summed E-state index contributed by atoms with van der Waals surface area (Å²) >= 11 is 0. The molecule has 0 bridgehead atoms. The average molecular weight is 249 g/mol. The molecule has 0 fully saturated rings. The van der Waals surface area contributed by atoms with Crippen LogP contribution in [0.15, 0.2) is 32.6 Å². The minimum atomic E-state index is -0.830. The van der Waals surface area contributed by atoms with Gasteiger partial charge in [-0.25, -0.2) is 19.0 Å². The number of phenolic OH excluding ortho intramolecular Hbond substituents is 1. The fourth-order valence-corrected chi connectivity index (χ4v) is 1.59. The van der Waals surface area contributed by atoms with Gasteiger partial charge in [-0.15, -0.1) is 0 Å². The summed E-state index contributed by atoms with van der Waals surface area (Å²) in [5.41, 5.74) is -1.06. The number of H-pyrrole nitrogens is 2. The normalized spacial score (nSPS) is 10.5. The molecule has 0 radical (unpaired) electrons. The van der Waals surface area contributed by atoms with Gasteiger partial charge in [0.05, 0.1) is 6.54 Å². The summed E-state index contributed by atoms with van der Waals surface area (Å²) in [6, 6.07) is 4.74. The maximum absolute atomic E-state index is 11.5. The van der Waals surface area contributed by atoms with E-state index in [2.05, 4.69) is 0 Å². The lowest BCUT2D eigenvalue weighted by Crippen LogP contribution is -2.43. The first-order chi connectivity index (χ1) is 8.47. The van der Waals surface area contributed by atoms with E-state index in [9.17, 15) is 19.5 Å². The van der Waals surface area contributed by atoms with Crippen molar-refractivity contribution in [2.75, 3.05) is 0 Å². The Morgan fingerprint density at radius 2 is 1.78 bits per heavy atom. The predicted octanol–water partition coefficient (Wildman–Crippen LogP) is -0.713. The van der Waals surface area contributed by atoms with Gasteiger partial charge in [0.2, 0.25) is 0 Å². The minimum absolute atomic E-state index is 0.0199. The fourth-order valence-electron chi connectivity index (χ4n) is 1.59. The van der Waals surface area contributed by atoms with Crippen molar-refractivity contribution in [1.82, 2.24) is 14.5 Å². The standard InChI is InChI=1S/C11H11N3O4/c1-6-4-7(2-3-8(6)15)5-14-10(17)12-9(16)13-11(14)18/h2-4,15H,5H2,1H3,(H2,12,13,16,17,18). The third-order valence-corrected chi connectivity index (χ3v) is 2.53. The zero-order valence-electron chi connectivity index (χ0n) is 9.56. The smallest absolute Gasteiger partial charge is 0.333 e. The number of phenols is 1. The van der Waals surface area contributed by atoms with Crippen LogP contribution in [0.3, 0.4) is 0 Å². The minimum Gasteiger partial charge on any atom is -0.508 e. The second kappa shape index (κ2) is 4.36. The first-order valence-electron chi connectivity index (χ1n) is 5.19. The van der Waals surface area contributed by atoms with Gasteiger partial charge in [-0.3, -0.25) is 9.97 Å². The van der Waals surface area contributed by atoms with Crippen molar-refractivity contribution in [1.29, 1.82) is 0 Å². The molecular formula is C11H11N3O4. The van der Waals surface area contributed by atoms with Crippen LogP contribution in [0.5, 0.6) is 5.75 Å². The third-order valence-electron chi connectivity index (χ3n) is 2.53. The highest BCUT2D eigenvalue weighted by molar-refractivity contribution is 5.34. The van der Waals surface area contributed by atoms with Gasteiger partial charge in [-0.05, 0) is 24.1 Å². The molecule has 1 aromatic carbocycles. The molecule has 0 spiro atoms. The number of aromatic amines is 2. The first-order valence-corrected chi connectivity index (χ1v) is 5.19. The number of hydrogen-bond acceptors (Lipinski definition) is 4. The summed E-state index contributed by atoms with van der Waals surface area (Å²) < 4.78 is 0.868. The number of nitrogens with zero attached hydrogens (tertiary/aromatic N) is 1. The van der Waals surface area contributed by atoms with Crippen LogP contribution in [0, 0.1) is 6.92 Å². The van der Waals surface area contributed by atoms with Gasteiger partial charge in [0.15, 0.2) is 0 Å². The Hall–Kier alpha value is -2.57. The molecule has 2 rings (SSSR count). The molecule has 0 aliphatic rings. The Kier molecular flexibility index (Phi) is 2.88. The molecule has 3 N–H and O–H groups in total. The van der Waals surface area contributed by atoms with Gasteiger partial charge in [-0.2, -0.15) is 0 Å². The van der Waals surface area contributed by atoms with Crippen LogP contribution in [0.2, 0.25) is 0 Å². The number of rotatable bonds is 2. The molecule has 1 aromatic heterocycles. The van der Waals surface area contributed by atoms with E-state index in [1.165, 1.54) is 6.07 Å². The molecule has 0 aliphatic heterocycles. The largest absolute Gasteiger partial charge is 0.508 e. The van der Waals surface area contributed by atoms with E-state index >= 15 is 0 Å². The first kappa shape index (κ1) is 11.9. The molecule has 2 aromatic rings. The SMILES string of the molecule is Cc1cc(Cn2c(=O)[nH]c(=O)[nH]c2=O)ccc1O. The zero-order valence-corrected chi connectivity index (χ0v) is 9.56. The number of hydrogen-bond donors (Lipinski definition) is 3. The molecule has 1 heterocycles. The molecule has 0 unspecified atom stereocenters.